The van der Waals surface area contributed by atoms with Crippen molar-refractivity contribution < 1.29 is 19.5 Å². The summed E-state index contributed by atoms with van der Waals surface area (Å²) < 4.78 is 1.25. The van der Waals surface area contributed by atoms with Gasteiger partial charge in [-0.1, -0.05) is 12.1 Å². The monoisotopic (exact) mass is 266 g/mol. The molecule has 0 unspecified atom stereocenters. The average Bonchev–Trinajstić information content (AvgIpc) is 2.94. The van der Waals surface area contributed by atoms with Gasteiger partial charge >= 0.3 is 5.97 Å². The molecule has 0 saturated carbocycles. The second kappa shape index (κ2) is 5.17. The first-order valence-corrected chi connectivity index (χ1v) is 6.03. The molecule has 102 valence electrons. The lowest BCUT2D eigenvalue weighted by molar-refractivity contribution is -0.142. The van der Waals surface area contributed by atoms with Crippen molar-refractivity contribution >= 4 is 17.8 Å². The third kappa shape index (κ3) is 2.47. The Labute approximate surface area is 109 Å². The molecule has 0 bridgehead atoms. The molecule has 0 aromatic carbocycles. The highest BCUT2D eigenvalue weighted by Crippen LogP contribution is 2.12. The van der Waals surface area contributed by atoms with Crippen molar-refractivity contribution in [2.24, 2.45) is 0 Å². The smallest absolute Gasteiger partial charge is 0.358 e. The number of hydrogen-bond donors (Lipinski definition) is 1. The Morgan fingerprint density at radius 2 is 2.16 bits per heavy atom. The second-order valence-electron chi connectivity index (χ2n) is 4.24. The van der Waals surface area contributed by atoms with E-state index in [0.717, 1.165) is 0 Å². The molecule has 8 nitrogen and oxygen atoms in total. The Balaban J connectivity index is 2.17. The number of carboxylic acid groups (broad SMARTS) is 1. The van der Waals surface area contributed by atoms with E-state index < -0.39 is 5.97 Å². The van der Waals surface area contributed by atoms with Crippen LogP contribution in [0.3, 0.4) is 0 Å². The van der Waals surface area contributed by atoms with Crippen LogP contribution in [0.2, 0.25) is 0 Å². The molecule has 0 spiro atoms. The maximum absolute atomic E-state index is 11.9. The van der Waals surface area contributed by atoms with Crippen molar-refractivity contribution in [1.29, 1.82) is 0 Å². The minimum atomic E-state index is -1.17. The molecule has 1 aliphatic rings. The van der Waals surface area contributed by atoms with Crippen LogP contribution in [0.25, 0.3) is 0 Å². The predicted molar refractivity (Wildman–Crippen MR) is 62.3 cm³/mol. The summed E-state index contributed by atoms with van der Waals surface area (Å²) in [6, 6.07) is 0. The van der Waals surface area contributed by atoms with Gasteiger partial charge in [-0.15, -0.1) is 5.10 Å². The van der Waals surface area contributed by atoms with Crippen molar-refractivity contribution in [1.82, 2.24) is 19.9 Å². The van der Waals surface area contributed by atoms with Gasteiger partial charge in [-0.05, 0) is 12.8 Å². The molecule has 1 fully saturated rings. The predicted octanol–water partition coefficient (Wildman–Crippen LogP) is -0.312. The summed E-state index contributed by atoms with van der Waals surface area (Å²) in [5.74, 6) is -1.74. The lowest BCUT2D eigenvalue weighted by Gasteiger charge is -2.13. The van der Waals surface area contributed by atoms with E-state index >= 15 is 0 Å². The zero-order chi connectivity index (χ0) is 14.0. The summed E-state index contributed by atoms with van der Waals surface area (Å²) in [6.07, 6.45) is 1.45. The van der Waals surface area contributed by atoms with Gasteiger partial charge in [0, 0.05) is 13.0 Å². The minimum absolute atomic E-state index is 0.150. The molecular weight excluding hydrogens is 252 g/mol. The molecule has 19 heavy (non-hydrogen) atoms. The molecule has 1 aromatic heterocycles. The maximum Gasteiger partial charge on any atom is 0.358 e. The number of imide groups is 1. The fourth-order valence-electron chi connectivity index (χ4n) is 2.10. The molecule has 0 aliphatic carbocycles. The quantitative estimate of drug-likeness (QED) is 0.801. The van der Waals surface area contributed by atoms with Gasteiger partial charge in [-0.25, -0.2) is 9.48 Å². The van der Waals surface area contributed by atoms with Gasteiger partial charge in [0.2, 0.25) is 5.91 Å². The Bertz CT molecular complexity index is 537. The number of carbonyl (C=O) groups excluding carboxylic acids is 2. The number of rotatable bonds is 4. The van der Waals surface area contributed by atoms with Crippen molar-refractivity contribution in [2.75, 3.05) is 6.54 Å². The van der Waals surface area contributed by atoms with Crippen LogP contribution in [0.1, 0.15) is 35.9 Å². The third-order valence-electron chi connectivity index (χ3n) is 3.03. The number of nitrogens with zero attached hydrogens (tertiary/aromatic N) is 4. The van der Waals surface area contributed by atoms with Gasteiger partial charge in [0.25, 0.3) is 5.91 Å². The Morgan fingerprint density at radius 3 is 2.68 bits per heavy atom. The Kier molecular flexibility index (Phi) is 3.59. The number of carboxylic acids is 1. The summed E-state index contributed by atoms with van der Waals surface area (Å²) in [4.78, 5) is 35.5. The van der Waals surface area contributed by atoms with Crippen LogP contribution >= 0.6 is 0 Å². The maximum atomic E-state index is 11.9. The van der Waals surface area contributed by atoms with Gasteiger partial charge in [0.05, 0.1) is 5.69 Å². The molecule has 2 heterocycles. The molecule has 1 aromatic rings. The van der Waals surface area contributed by atoms with Crippen molar-refractivity contribution in [3.8, 4) is 0 Å². The van der Waals surface area contributed by atoms with E-state index in [2.05, 4.69) is 10.3 Å². The second-order valence-corrected chi connectivity index (χ2v) is 4.24. The highest BCUT2D eigenvalue weighted by Gasteiger charge is 2.28. The summed E-state index contributed by atoms with van der Waals surface area (Å²) in [5, 5.41) is 16.1. The number of hydrogen-bond acceptors (Lipinski definition) is 5. The summed E-state index contributed by atoms with van der Waals surface area (Å²) in [6.45, 7) is 2.02. The van der Waals surface area contributed by atoms with E-state index in [-0.39, 0.29) is 24.1 Å². The number of carbonyl (C=O) groups is 3. The van der Waals surface area contributed by atoms with E-state index in [0.29, 0.717) is 31.5 Å². The summed E-state index contributed by atoms with van der Waals surface area (Å²) in [7, 11) is 0. The largest absolute Gasteiger partial charge is 0.476 e. The number of aromatic nitrogens is 3. The first kappa shape index (κ1) is 13.2. The van der Waals surface area contributed by atoms with Crippen molar-refractivity contribution in [3.05, 3.63) is 11.4 Å². The summed E-state index contributed by atoms with van der Waals surface area (Å²) >= 11 is 0. The van der Waals surface area contributed by atoms with E-state index in [4.69, 9.17) is 5.11 Å². The van der Waals surface area contributed by atoms with Crippen LogP contribution in [0.15, 0.2) is 0 Å². The van der Waals surface area contributed by atoms with Crippen LogP contribution in [0, 0.1) is 0 Å². The van der Waals surface area contributed by atoms with E-state index in [1.54, 1.807) is 6.92 Å². The standard InChI is InChI=1S/C11H14N4O4/c1-2-7-10(11(18)19)12-13-15(7)6-9(17)14-5-3-4-8(14)16/h2-6H2,1H3,(H,18,19). The SMILES string of the molecule is CCc1c(C(=O)O)nnn1CC(=O)N1CCCC1=O. The Morgan fingerprint density at radius 1 is 1.42 bits per heavy atom. The van der Waals surface area contributed by atoms with Crippen molar-refractivity contribution in [3.63, 3.8) is 0 Å². The van der Waals surface area contributed by atoms with Crippen LogP contribution in [0.5, 0.6) is 0 Å². The highest BCUT2D eigenvalue weighted by molar-refractivity contribution is 5.96. The third-order valence-corrected chi connectivity index (χ3v) is 3.03. The van der Waals surface area contributed by atoms with Crippen LogP contribution < -0.4 is 0 Å². The number of likely N-dealkylation sites (tertiary alicyclic amines) is 1. The molecule has 1 saturated heterocycles. The molecule has 1 aliphatic heterocycles. The summed E-state index contributed by atoms with van der Waals surface area (Å²) in [5.41, 5.74) is 0.232. The van der Waals surface area contributed by atoms with Crippen LogP contribution in [-0.4, -0.2) is 49.3 Å². The fraction of sp³-hybridized carbons (Fsp3) is 0.545. The molecule has 2 rings (SSSR count). The molecule has 2 amide bonds. The van der Waals surface area contributed by atoms with Gasteiger partial charge in [-0.2, -0.15) is 0 Å². The highest BCUT2D eigenvalue weighted by atomic mass is 16.4. The normalized spacial score (nSPS) is 15.0. The Hall–Kier alpha value is -2.25. The lowest BCUT2D eigenvalue weighted by Crippen LogP contribution is -2.35. The van der Waals surface area contributed by atoms with Gasteiger partial charge in [0.1, 0.15) is 6.54 Å². The van der Waals surface area contributed by atoms with Crippen molar-refractivity contribution in [2.45, 2.75) is 32.7 Å². The molecular formula is C11H14N4O4. The molecule has 8 heteroatoms. The minimum Gasteiger partial charge on any atom is -0.476 e. The molecule has 0 atom stereocenters. The van der Waals surface area contributed by atoms with Gasteiger partial charge < -0.3 is 5.11 Å². The van der Waals surface area contributed by atoms with Crippen LogP contribution in [0.4, 0.5) is 0 Å². The lowest BCUT2D eigenvalue weighted by atomic mass is 10.2. The van der Waals surface area contributed by atoms with E-state index in [1.165, 1.54) is 9.58 Å². The van der Waals surface area contributed by atoms with E-state index in [9.17, 15) is 14.4 Å². The number of amides is 2. The van der Waals surface area contributed by atoms with Gasteiger partial charge in [0.15, 0.2) is 5.69 Å². The molecule has 1 N–H and O–H groups in total. The topological polar surface area (TPSA) is 105 Å². The zero-order valence-electron chi connectivity index (χ0n) is 10.5. The first-order valence-electron chi connectivity index (χ1n) is 6.03. The van der Waals surface area contributed by atoms with Gasteiger partial charge in [-0.3, -0.25) is 14.5 Å². The van der Waals surface area contributed by atoms with E-state index in [1.807, 2.05) is 0 Å². The molecule has 0 radical (unpaired) electrons. The first-order chi connectivity index (χ1) is 9.04. The average molecular weight is 266 g/mol. The fourth-order valence-corrected chi connectivity index (χ4v) is 2.10. The van der Waals surface area contributed by atoms with Crippen LogP contribution in [-0.2, 0) is 22.6 Å². The zero-order valence-corrected chi connectivity index (χ0v) is 10.5. The number of aromatic carboxylic acids is 1.